The van der Waals surface area contributed by atoms with E-state index in [1.165, 1.54) is 11.3 Å². The van der Waals surface area contributed by atoms with Crippen molar-refractivity contribution >= 4 is 23.8 Å². The summed E-state index contributed by atoms with van der Waals surface area (Å²) >= 11 is 0. The number of rotatable bonds is 2. The number of hydrogen-bond acceptors (Lipinski definition) is 6. The van der Waals surface area contributed by atoms with Gasteiger partial charge in [-0.3, -0.25) is 14.5 Å². The van der Waals surface area contributed by atoms with Crippen LogP contribution in [0.2, 0.25) is 0 Å². The molecule has 2 aromatic carbocycles. The van der Waals surface area contributed by atoms with E-state index in [1.54, 1.807) is 18.2 Å². The SMILES string of the molecule is CC.CCC.CCOc1ccc2cc1CN1C(=O)CC(CC/C=C/c3ccc4c(c3)C(CCO4)NC2=O)N=C1N. The van der Waals surface area contributed by atoms with Gasteiger partial charge in [0.05, 0.1) is 31.8 Å². The number of carbonyl (C=O) groups excluding carboxylic acids is 2. The lowest BCUT2D eigenvalue weighted by Gasteiger charge is -2.30. The van der Waals surface area contributed by atoms with Crippen molar-refractivity contribution in [3.05, 3.63) is 64.7 Å². The zero-order chi connectivity index (χ0) is 29.1. The van der Waals surface area contributed by atoms with Crippen molar-refractivity contribution in [1.82, 2.24) is 10.2 Å². The Hall–Kier alpha value is -3.81. The molecule has 0 saturated carbocycles. The van der Waals surface area contributed by atoms with E-state index in [4.69, 9.17) is 15.2 Å². The highest BCUT2D eigenvalue weighted by Gasteiger charge is 2.29. The van der Waals surface area contributed by atoms with E-state index in [-0.39, 0.29) is 36.4 Å². The number of benzene rings is 2. The van der Waals surface area contributed by atoms with Crippen molar-refractivity contribution in [2.45, 2.75) is 85.4 Å². The molecule has 0 saturated heterocycles. The van der Waals surface area contributed by atoms with E-state index >= 15 is 0 Å². The van der Waals surface area contributed by atoms with E-state index in [1.807, 2.05) is 32.9 Å². The normalized spacial score (nSPS) is 20.6. The number of fused-ring (bicyclic) bond motifs is 4. The van der Waals surface area contributed by atoms with Crippen LogP contribution in [-0.2, 0) is 11.3 Å². The van der Waals surface area contributed by atoms with Crippen molar-refractivity contribution in [2.24, 2.45) is 10.7 Å². The molecule has 40 heavy (non-hydrogen) atoms. The average Bonchev–Trinajstić information content (AvgIpc) is 2.95. The second-order valence-electron chi connectivity index (χ2n) is 9.73. The maximum absolute atomic E-state index is 13.3. The molecule has 0 spiro atoms. The Bertz CT molecular complexity index is 1220. The van der Waals surface area contributed by atoms with E-state index in [0.29, 0.717) is 42.9 Å². The fraction of sp³-hybridized carbons (Fsp3) is 0.469. The standard InChI is InChI=1S/C27H30N4O4.C3H8.C2H6/c1-2-34-23-10-8-18-14-19(23)16-31-25(32)15-20(29-27(31)28)6-4-3-5-17-7-9-24-21(13-17)22(11-12-35-24)30-26(18)33;1-3-2;1-2/h3,5,7-10,13-14,20,22H,2,4,6,11-12,15-16H2,1H3,(H2,28,29)(H,30,33);3H2,1-2H3;1-2H3/b5-3+;;. The van der Waals surface area contributed by atoms with Gasteiger partial charge in [0.25, 0.3) is 5.91 Å². The lowest BCUT2D eigenvalue weighted by Crippen LogP contribution is -2.46. The van der Waals surface area contributed by atoms with Crippen LogP contribution < -0.4 is 20.5 Å². The Kier molecular flexibility index (Phi) is 11.6. The fourth-order valence-electron chi connectivity index (χ4n) is 4.80. The van der Waals surface area contributed by atoms with Gasteiger partial charge in [0, 0.05) is 29.5 Å². The van der Waals surface area contributed by atoms with Crippen LogP contribution in [0.3, 0.4) is 0 Å². The molecule has 8 nitrogen and oxygen atoms in total. The molecule has 8 heteroatoms. The second-order valence-corrected chi connectivity index (χ2v) is 9.73. The van der Waals surface area contributed by atoms with Gasteiger partial charge in [-0.2, -0.15) is 0 Å². The third-order valence-electron chi connectivity index (χ3n) is 6.61. The molecule has 4 aliphatic heterocycles. The lowest BCUT2D eigenvalue weighted by molar-refractivity contribution is -0.128. The first kappa shape index (κ1) is 30.7. The number of aliphatic imine (C=N–C) groups is 1. The molecular formula is C32H44N4O4. The lowest BCUT2D eigenvalue weighted by atomic mass is 9.97. The Balaban J connectivity index is 0.000000827. The number of guanidine groups is 1. The molecule has 2 atom stereocenters. The van der Waals surface area contributed by atoms with Gasteiger partial charge in [-0.15, -0.1) is 0 Å². The number of amides is 2. The summed E-state index contributed by atoms with van der Waals surface area (Å²) in [7, 11) is 0. The van der Waals surface area contributed by atoms with Gasteiger partial charge in [0.15, 0.2) is 5.96 Å². The summed E-state index contributed by atoms with van der Waals surface area (Å²) in [6.07, 6.45) is 7.90. The second kappa shape index (κ2) is 15.1. The molecule has 6 rings (SSSR count). The Morgan fingerprint density at radius 3 is 2.60 bits per heavy atom. The van der Waals surface area contributed by atoms with Crippen LogP contribution in [0.1, 0.15) is 99.8 Å². The van der Waals surface area contributed by atoms with Crippen LogP contribution in [0.4, 0.5) is 0 Å². The molecule has 2 aromatic rings. The third-order valence-corrected chi connectivity index (χ3v) is 6.61. The number of nitrogens with two attached hydrogens (primary N) is 1. The highest BCUT2D eigenvalue weighted by Crippen LogP contribution is 2.34. The molecule has 3 N–H and O–H groups in total. The van der Waals surface area contributed by atoms with Crippen molar-refractivity contribution in [2.75, 3.05) is 13.2 Å². The highest BCUT2D eigenvalue weighted by molar-refractivity contribution is 5.99. The first-order chi connectivity index (χ1) is 19.4. The summed E-state index contributed by atoms with van der Waals surface area (Å²) in [5.41, 5.74) is 9.44. The van der Waals surface area contributed by atoms with Gasteiger partial charge in [-0.25, -0.2) is 4.99 Å². The van der Waals surface area contributed by atoms with Crippen LogP contribution in [0.5, 0.6) is 11.5 Å². The molecule has 2 amide bonds. The zero-order valence-corrected chi connectivity index (χ0v) is 24.5. The number of nitrogens with zero attached hydrogens (tertiary/aromatic N) is 2. The summed E-state index contributed by atoms with van der Waals surface area (Å²) in [5.74, 6) is 1.35. The third kappa shape index (κ3) is 7.64. The van der Waals surface area contributed by atoms with Crippen molar-refractivity contribution < 1.29 is 19.1 Å². The summed E-state index contributed by atoms with van der Waals surface area (Å²) in [5, 5.41) is 3.17. The number of nitrogens with one attached hydrogen (secondary N) is 1. The van der Waals surface area contributed by atoms with Gasteiger partial charge in [0.2, 0.25) is 5.91 Å². The predicted molar refractivity (Wildman–Crippen MR) is 161 cm³/mol. The molecule has 0 fully saturated rings. The smallest absolute Gasteiger partial charge is 0.251 e. The molecule has 6 bridgehead atoms. The molecule has 216 valence electrons. The summed E-state index contributed by atoms with van der Waals surface area (Å²) < 4.78 is 11.6. The van der Waals surface area contributed by atoms with Crippen LogP contribution in [0.15, 0.2) is 47.5 Å². The van der Waals surface area contributed by atoms with Crippen LogP contribution >= 0.6 is 0 Å². The average molecular weight is 549 g/mol. The van der Waals surface area contributed by atoms with Gasteiger partial charge < -0.3 is 20.5 Å². The van der Waals surface area contributed by atoms with Gasteiger partial charge in [-0.05, 0) is 55.7 Å². The monoisotopic (exact) mass is 548 g/mol. The molecule has 0 aromatic heterocycles. The molecule has 0 aliphatic carbocycles. The minimum atomic E-state index is -0.194. The first-order valence-electron chi connectivity index (χ1n) is 14.6. The van der Waals surface area contributed by atoms with Gasteiger partial charge in [0.1, 0.15) is 11.5 Å². The van der Waals surface area contributed by atoms with E-state index in [9.17, 15) is 9.59 Å². The Morgan fingerprint density at radius 1 is 1.10 bits per heavy atom. The molecular weight excluding hydrogens is 504 g/mol. The van der Waals surface area contributed by atoms with E-state index in [2.05, 4.69) is 42.4 Å². The summed E-state index contributed by atoms with van der Waals surface area (Å²) in [4.78, 5) is 32.3. The molecule has 0 radical (unpaired) electrons. The van der Waals surface area contributed by atoms with E-state index < -0.39 is 0 Å². The quantitative estimate of drug-likeness (QED) is 0.478. The molecule has 4 heterocycles. The fourth-order valence-corrected chi connectivity index (χ4v) is 4.80. The van der Waals surface area contributed by atoms with Crippen molar-refractivity contribution in [1.29, 1.82) is 0 Å². The maximum atomic E-state index is 13.3. The van der Waals surface area contributed by atoms with Crippen LogP contribution in [-0.4, -0.2) is 41.9 Å². The molecule has 4 aliphatic rings. The first-order valence-corrected chi connectivity index (χ1v) is 14.6. The maximum Gasteiger partial charge on any atom is 0.251 e. The number of allylic oxidation sites excluding steroid dienone is 1. The van der Waals surface area contributed by atoms with Crippen LogP contribution in [0, 0.1) is 0 Å². The summed E-state index contributed by atoms with van der Waals surface area (Å²) in [6.45, 7) is 11.3. The van der Waals surface area contributed by atoms with Crippen molar-refractivity contribution in [3.8, 4) is 11.5 Å². The van der Waals surface area contributed by atoms with Gasteiger partial charge in [-0.1, -0.05) is 52.3 Å². The number of carbonyl (C=O) groups is 2. The minimum absolute atomic E-state index is 0.0765. The zero-order valence-electron chi connectivity index (χ0n) is 24.5. The minimum Gasteiger partial charge on any atom is -0.494 e. The Morgan fingerprint density at radius 2 is 1.88 bits per heavy atom. The van der Waals surface area contributed by atoms with Crippen molar-refractivity contribution in [3.63, 3.8) is 0 Å². The van der Waals surface area contributed by atoms with Gasteiger partial charge >= 0.3 is 0 Å². The number of ether oxygens (including phenoxy) is 2. The van der Waals surface area contributed by atoms with E-state index in [0.717, 1.165) is 29.7 Å². The predicted octanol–water partition coefficient (Wildman–Crippen LogP) is 6.00. The topological polar surface area (TPSA) is 106 Å². The van der Waals surface area contributed by atoms with Crippen LogP contribution in [0.25, 0.3) is 6.08 Å². The summed E-state index contributed by atoms with van der Waals surface area (Å²) in [6, 6.07) is 11.0. The Labute approximate surface area is 238 Å². The highest BCUT2D eigenvalue weighted by atomic mass is 16.5. The molecule has 2 unspecified atom stereocenters. The number of hydrogen-bond donors (Lipinski definition) is 2. The largest absolute Gasteiger partial charge is 0.494 e.